The Morgan fingerprint density at radius 2 is 1.93 bits per heavy atom. The zero-order valence-electron chi connectivity index (χ0n) is 14.3. The minimum atomic E-state index is -2.59. The third kappa shape index (κ3) is 2.95. The maximum Gasteiger partial charge on any atom is 0.256 e. The van der Waals surface area contributed by atoms with E-state index in [0.29, 0.717) is 33.9 Å². The summed E-state index contributed by atoms with van der Waals surface area (Å²) in [4.78, 5) is 8.38. The molecule has 0 saturated heterocycles. The maximum atomic E-state index is 13.1. The fraction of sp³-hybridized carbons (Fsp3) is 0.105. The molecule has 3 aromatic heterocycles. The summed E-state index contributed by atoms with van der Waals surface area (Å²) in [6.07, 6.45) is 0.124. The molecular weight excluding hydrogens is 364 g/mol. The summed E-state index contributed by atoms with van der Waals surface area (Å²) in [5.41, 5.74) is 2.88. The predicted molar refractivity (Wildman–Crippen MR) is 95.1 cm³/mol. The number of benzene rings is 1. The number of alkyl halides is 2. The van der Waals surface area contributed by atoms with Gasteiger partial charge >= 0.3 is 0 Å². The van der Waals surface area contributed by atoms with Gasteiger partial charge in [-0.1, -0.05) is 12.1 Å². The first-order valence-corrected chi connectivity index (χ1v) is 8.20. The van der Waals surface area contributed by atoms with Gasteiger partial charge in [-0.05, 0) is 24.3 Å². The first-order valence-electron chi connectivity index (χ1n) is 8.20. The third-order valence-electron chi connectivity index (χ3n) is 4.16. The predicted octanol–water partition coefficient (Wildman–Crippen LogP) is 3.27. The molecule has 0 aliphatic heterocycles. The first-order chi connectivity index (χ1) is 13.6. The summed E-state index contributed by atoms with van der Waals surface area (Å²) < 4.78 is 28.9. The third-order valence-corrected chi connectivity index (χ3v) is 4.16. The number of halogens is 2. The number of rotatable bonds is 4. The molecule has 4 rings (SSSR count). The minimum absolute atomic E-state index is 0.227. The highest BCUT2D eigenvalue weighted by molar-refractivity contribution is 5.77. The van der Waals surface area contributed by atoms with Gasteiger partial charge in [-0.15, -0.1) is 0 Å². The van der Waals surface area contributed by atoms with E-state index in [2.05, 4.69) is 21.1 Å². The molecule has 7 nitrogen and oxygen atoms in total. The fourth-order valence-corrected chi connectivity index (χ4v) is 2.96. The number of hydrogen-bond donors (Lipinski definition) is 0. The van der Waals surface area contributed by atoms with Gasteiger partial charge in [0, 0.05) is 5.56 Å². The van der Waals surface area contributed by atoms with Crippen LogP contribution in [0.4, 0.5) is 8.78 Å². The Morgan fingerprint density at radius 1 is 1.07 bits per heavy atom. The molecule has 0 unspecified atom stereocenters. The van der Waals surface area contributed by atoms with Gasteiger partial charge in [-0.2, -0.15) is 15.6 Å². The fourth-order valence-electron chi connectivity index (χ4n) is 2.96. The molecule has 0 aliphatic rings. The zero-order chi connectivity index (χ0) is 19.7. The van der Waals surface area contributed by atoms with Crippen LogP contribution in [0.5, 0.6) is 0 Å². The molecule has 0 spiro atoms. The van der Waals surface area contributed by atoms with Crippen LogP contribution in [0.15, 0.2) is 48.9 Å². The highest BCUT2D eigenvalue weighted by atomic mass is 19.3. The van der Waals surface area contributed by atoms with Crippen molar-refractivity contribution in [3.63, 3.8) is 0 Å². The van der Waals surface area contributed by atoms with Gasteiger partial charge in [-0.3, -0.25) is 0 Å². The molecular formula is C19H11F2N7. The molecule has 28 heavy (non-hydrogen) atoms. The van der Waals surface area contributed by atoms with Crippen molar-refractivity contribution in [1.29, 1.82) is 10.5 Å². The van der Waals surface area contributed by atoms with Gasteiger partial charge in [-0.25, -0.2) is 23.3 Å². The number of aromatic nitrogens is 5. The van der Waals surface area contributed by atoms with Crippen molar-refractivity contribution >= 4 is 5.65 Å². The van der Waals surface area contributed by atoms with Gasteiger partial charge in [0.15, 0.2) is 11.3 Å². The van der Waals surface area contributed by atoms with E-state index in [1.54, 1.807) is 36.4 Å². The standard InChI is InChI=1S/C19H11F2N7/c20-16(21)10-27-11-25-18(13-3-1-2-12(6-13)7-22)19(27)15-4-5-17-24-9-14(8-23)28(17)26-15/h1-6,9,11,16H,10H2. The summed E-state index contributed by atoms with van der Waals surface area (Å²) in [6, 6.07) is 14.1. The van der Waals surface area contributed by atoms with Crippen LogP contribution in [0.2, 0.25) is 0 Å². The Balaban J connectivity index is 1.95. The molecule has 0 aliphatic carbocycles. The number of fused-ring (bicyclic) bond motifs is 1. The van der Waals surface area contributed by atoms with E-state index in [0.717, 1.165) is 0 Å². The number of nitriles is 2. The van der Waals surface area contributed by atoms with E-state index in [1.165, 1.54) is 21.6 Å². The zero-order valence-corrected chi connectivity index (χ0v) is 14.3. The second-order valence-electron chi connectivity index (χ2n) is 5.92. The van der Waals surface area contributed by atoms with Gasteiger partial charge in [0.05, 0.1) is 42.1 Å². The summed E-state index contributed by atoms with van der Waals surface area (Å²) in [5.74, 6) is 0. The van der Waals surface area contributed by atoms with Crippen LogP contribution in [0.1, 0.15) is 11.3 Å². The van der Waals surface area contributed by atoms with Crippen LogP contribution in [0.25, 0.3) is 28.3 Å². The highest BCUT2D eigenvalue weighted by Crippen LogP contribution is 2.31. The van der Waals surface area contributed by atoms with Crippen LogP contribution < -0.4 is 0 Å². The van der Waals surface area contributed by atoms with Crippen molar-refractivity contribution in [1.82, 2.24) is 24.1 Å². The molecule has 0 fully saturated rings. The van der Waals surface area contributed by atoms with Crippen LogP contribution in [0.3, 0.4) is 0 Å². The molecule has 0 amide bonds. The smallest absolute Gasteiger partial charge is 0.256 e. The van der Waals surface area contributed by atoms with Crippen molar-refractivity contribution in [2.75, 3.05) is 0 Å². The first kappa shape index (κ1) is 17.3. The topological polar surface area (TPSA) is 95.6 Å². The summed E-state index contributed by atoms with van der Waals surface area (Å²) in [5, 5.41) is 22.8. The Hall–Kier alpha value is -4.11. The van der Waals surface area contributed by atoms with Gasteiger partial charge in [0.1, 0.15) is 11.8 Å². The van der Waals surface area contributed by atoms with Crippen LogP contribution in [0, 0.1) is 22.7 Å². The Bertz CT molecular complexity index is 1260. The van der Waals surface area contributed by atoms with Gasteiger partial charge in [0.2, 0.25) is 0 Å². The SMILES string of the molecule is N#Cc1cccc(-c2ncn(CC(F)F)c2-c2ccc3ncc(C#N)n3n2)c1. The summed E-state index contributed by atoms with van der Waals surface area (Å²) in [7, 11) is 0. The van der Waals surface area contributed by atoms with E-state index in [9.17, 15) is 14.0 Å². The van der Waals surface area contributed by atoms with E-state index >= 15 is 0 Å². The average Bonchev–Trinajstić information content (AvgIpc) is 3.30. The van der Waals surface area contributed by atoms with E-state index in [4.69, 9.17) is 5.26 Å². The highest BCUT2D eigenvalue weighted by Gasteiger charge is 2.20. The van der Waals surface area contributed by atoms with Crippen LogP contribution in [-0.4, -0.2) is 30.6 Å². The molecule has 0 saturated carbocycles. The Kier molecular flexibility index (Phi) is 4.26. The maximum absolute atomic E-state index is 13.1. The lowest BCUT2D eigenvalue weighted by Crippen LogP contribution is -2.08. The average molecular weight is 375 g/mol. The van der Waals surface area contributed by atoms with Gasteiger partial charge in [0.25, 0.3) is 6.43 Å². The Labute approximate surface area is 157 Å². The second kappa shape index (κ2) is 6.89. The lowest BCUT2D eigenvalue weighted by Gasteiger charge is -2.10. The van der Waals surface area contributed by atoms with Crippen molar-refractivity contribution < 1.29 is 8.78 Å². The van der Waals surface area contributed by atoms with Crippen molar-refractivity contribution in [3.8, 4) is 34.8 Å². The van der Waals surface area contributed by atoms with E-state index in [-0.39, 0.29) is 5.69 Å². The lowest BCUT2D eigenvalue weighted by molar-refractivity contribution is 0.127. The lowest BCUT2D eigenvalue weighted by atomic mass is 10.1. The molecule has 0 atom stereocenters. The normalized spacial score (nSPS) is 10.9. The molecule has 3 heterocycles. The van der Waals surface area contributed by atoms with Crippen LogP contribution >= 0.6 is 0 Å². The molecule has 4 aromatic rings. The second-order valence-corrected chi connectivity index (χ2v) is 5.92. The summed E-state index contributed by atoms with van der Waals surface area (Å²) >= 11 is 0. The monoisotopic (exact) mass is 375 g/mol. The molecule has 0 bridgehead atoms. The molecule has 0 N–H and O–H groups in total. The van der Waals surface area contributed by atoms with Crippen molar-refractivity contribution in [3.05, 3.63) is 60.2 Å². The molecule has 9 heteroatoms. The molecule has 0 radical (unpaired) electrons. The van der Waals surface area contributed by atoms with Crippen molar-refractivity contribution in [2.45, 2.75) is 13.0 Å². The summed E-state index contributed by atoms with van der Waals surface area (Å²) in [6.45, 7) is -0.560. The van der Waals surface area contributed by atoms with E-state index < -0.39 is 13.0 Å². The molecule has 136 valence electrons. The molecule has 1 aromatic carbocycles. The number of imidazole rings is 2. The minimum Gasteiger partial charge on any atom is -0.323 e. The largest absolute Gasteiger partial charge is 0.323 e. The quantitative estimate of drug-likeness (QED) is 0.545. The van der Waals surface area contributed by atoms with E-state index in [1.807, 2.05) is 6.07 Å². The van der Waals surface area contributed by atoms with Crippen molar-refractivity contribution in [2.24, 2.45) is 0 Å². The van der Waals surface area contributed by atoms with Gasteiger partial charge < -0.3 is 4.57 Å². The van der Waals surface area contributed by atoms with Crippen LogP contribution in [-0.2, 0) is 6.54 Å². The number of nitrogens with zero attached hydrogens (tertiary/aromatic N) is 7. The number of hydrogen-bond acceptors (Lipinski definition) is 5. The Morgan fingerprint density at radius 3 is 2.68 bits per heavy atom.